The summed E-state index contributed by atoms with van der Waals surface area (Å²) in [6.07, 6.45) is 8.62. The van der Waals surface area contributed by atoms with E-state index in [1.54, 1.807) is 11.3 Å². The zero-order valence-corrected chi connectivity index (χ0v) is 13.5. The predicted molar refractivity (Wildman–Crippen MR) is 88.9 cm³/mol. The number of unbranched alkanes of at least 4 members (excludes halogenated alkanes) is 1. The average Bonchev–Trinajstić information content (AvgIpc) is 2.97. The zero-order valence-electron chi connectivity index (χ0n) is 12.7. The third-order valence-corrected chi connectivity index (χ3v) is 4.03. The van der Waals surface area contributed by atoms with E-state index in [1.165, 1.54) is 6.42 Å². The first kappa shape index (κ1) is 15.7. The fourth-order valence-electron chi connectivity index (χ4n) is 1.88. The maximum absolute atomic E-state index is 5.67. The van der Waals surface area contributed by atoms with Crippen LogP contribution in [0, 0.1) is 0 Å². The highest BCUT2D eigenvalue weighted by Gasteiger charge is 2.06. The highest BCUT2D eigenvalue weighted by molar-refractivity contribution is 7.14. The molecular formula is C17H22N2OS. The number of rotatable bonds is 8. The van der Waals surface area contributed by atoms with Crippen LogP contribution in [0.25, 0.3) is 10.6 Å². The second-order valence-electron chi connectivity index (χ2n) is 4.85. The Labute approximate surface area is 130 Å². The van der Waals surface area contributed by atoms with Crippen molar-refractivity contribution >= 4 is 11.3 Å². The van der Waals surface area contributed by atoms with Gasteiger partial charge in [0.25, 0.3) is 0 Å². The van der Waals surface area contributed by atoms with Crippen LogP contribution in [-0.4, -0.2) is 16.8 Å². The van der Waals surface area contributed by atoms with E-state index in [0.29, 0.717) is 6.61 Å². The Bertz CT molecular complexity index is 560. The van der Waals surface area contributed by atoms with E-state index in [2.05, 4.69) is 36.2 Å². The van der Waals surface area contributed by atoms with Gasteiger partial charge in [-0.2, -0.15) is 0 Å². The van der Waals surface area contributed by atoms with Crippen LogP contribution >= 0.6 is 11.3 Å². The molecule has 0 fully saturated rings. The molecule has 0 aliphatic rings. The van der Waals surface area contributed by atoms with Crippen molar-refractivity contribution < 1.29 is 4.74 Å². The van der Waals surface area contributed by atoms with Gasteiger partial charge in [-0.05, 0) is 37.1 Å². The largest absolute Gasteiger partial charge is 0.490 e. The summed E-state index contributed by atoms with van der Waals surface area (Å²) in [7, 11) is 0. The summed E-state index contributed by atoms with van der Waals surface area (Å²) < 4.78 is 5.67. The maximum Gasteiger partial charge on any atom is 0.147 e. The fourth-order valence-corrected chi connectivity index (χ4v) is 2.82. The topological polar surface area (TPSA) is 35.0 Å². The second kappa shape index (κ2) is 8.57. The SMILES string of the molecule is CCC/C=C/COc1ccc(-c2nnc(CCC)s2)cc1. The van der Waals surface area contributed by atoms with Crippen LogP contribution in [-0.2, 0) is 6.42 Å². The van der Waals surface area contributed by atoms with Crippen molar-refractivity contribution in [3.8, 4) is 16.3 Å². The van der Waals surface area contributed by atoms with Crippen LogP contribution in [0.5, 0.6) is 5.75 Å². The number of nitrogens with zero attached hydrogens (tertiary/aromatic N) is 2. The number of aromatic nitrogens is 2. The Kier molecular flexibility index (Phi) is 6.41. The van der Waals surface area contributed by atoms with Gasteiger partial charge in [0.1, 0.15) is 22.4 Å². The Hall–Kier alpha value is -1.68. The molecule has 4 heteroatoms. The van der Waals surface area contributed by atoms with Crippen LogP contribution in [0.1, 0.15) is 38.1 Å². The molecule has 21 heavy (non-hydrogen) atoms. The predicted octanol–water partition coefficient (Wildman–Crippen LogP) is 4.89. The molecule has 0 atom stereocenters. The highest BCUT2D eigenvalue weighted by atomic mass is 32.1. The van der Waals surface area contributed by atoms with Crippen LogP contribution in [0.15, 0.2) is 36.4 Å². The first-order chi connectivity index (χ1) is 10.3. The molecule has 0 N–H and O–H groups in total. The monoisotopic (exact) mass is 302 g/mol. The average molecular weight is 302 g/mol. The van der Waals surface area contributed by atoms with Gasteiger partial charge in [-0.25, -0.2) is 0 Å². The van der Waals surface area contributed by atoms with E-state index in [1.807, 2.05) is 24.3 Å². The molecule has 3 nitrogen and oxygen atoms in total. The zero-order chi connectivity index (χ0) is 14.9. The number of ether oxygens (including phenoxy) is 1. The first-order valence-corrected chi connectivity index (χ1v) is 8.35. The Balaban J connectivity index is 1.91. The van der Waals surface area contributed by atoms with Gasteiger partial charge < -0.3 is 4.74 Å². The van der Waals surface area contributed by atoms with Gasteiger partial charge in [-0.3, -0.25) is 0 Å². The molecule has 0 bridgehead atoms. The molecule has 1 aromatic carbocycles. The molecule has 0 saturated carbocycles. The lowest BCUT2D eigenvalue weighted by Gasteiger charge is -2.03. The highest BCUT2D eigenvalue weighted by Crippen LogP contribution is 2.26. The van der Waals surface area contributed by atoms with Crippen molar-refractivity contribution in [2.24, 2.45) is 0 Å². The molecule has 1 heterocycles. The summed E-state index contributed by atoms with van der Waals surface area (Å²) in [5, 5.41) is 10.5. The summed E-state index contributed by atoms with van der Waals surface area (Å²) in [5.74, 6) is 0.887. The summed E-state index contributed by atoms with van der Waals surface area (Å²) in [6.45, 7) is 4.95. The number of benzene rings is 1. The van der Waals surface area contributed by atoms with Crippen LogP contribution in [0.4, 0.5) is 0 Å². The van der Waals surface area contributed by atoms with Gasteiger partial charge in [0.15, 0.2) is 0 Å². The third-order valence-electron chi connectivity index (χ3n) is 3.00. The molecule has 0 unspecified atom stereocenters. The maximum atomic E-state index is 5.67. The summed E-state index contributed by atoms with van der Waals surface area (Å²) in [6, 6.07) is 8.07. The molecule has 2 rings (SSSR count). The number of hydrogen-bond donors (Lipinski definition) is 0. The third kappa shape index (κ3) is 4.97. The Morgan fingerprint density at radius 2 is 1.86 bits per heavy atom. The Morgan fingerprint density at radius 3 is 2.57 bits per heavy atom. The lowest BCUT2D eigenvalue weighted by molar-refractivity contribution is 0.362. The molecule has 2 aromatic rings. The normalized spacial score (nSPS) is 11.1. The molecule has 0 amide bonds. The van der Waals surface area contributed by atoms with E-state index >= 15 is 0 Å². The smallest absolute Gasteiger partial charge is 0.147 e. The molecule has 0 aliphatic carbocycles. The lowest BCUT2D eigenvalue weighted by Crippen LogP contribution is -1.92. The molecule has 0 aliphatic heterocycles. The minimum atomic E-state index is 0.624. The van der Waals surface area contributed by atoms with Gasteiger partial charge in [0.2, 0.25) is 0 Å². The minimum absolute atomic E-state index is 0.624. The molecule has 1 aromatic heterocycles. The standard InChI is InChI=1S/C17H22N2OS/c1-3-5-6-7-13-20-15-11-9-14(10-12-15)17-19-18-16(21-17)8-4-2/h6-7,9-12H,3-5,8,13H2,1-2H3/b7-6+. The van der Waals surface area contributed by atoms with Gasteiger partial charge in [-0.1, -0.05) is 43.8 Å². The molecular weight excluding hydrogens is 280 g/mol. The van der Waals surface area contributed by atoms with Crippen LogP contribution in [0.3, 0.4) is 0 Å². The summed E-state index contributed by atoms with van der Waals surface area (Å²) in [5.41, 5.74) is 1.10. The minimum Gasteiger partial charge on any atom is -0.490 e. The first-order valence-electron chi connectivity index (χ1n) is 7.54. The molecule has 0 radical (unpaired) electrons. The van der Waals surface area contributed by atoms with Crippen LogP contribution < -0.4 is 4.74 Å². The van der Waals surface area contributed by atoms with Gasteiger partial charge in [-0.15, -0.1) is 10.2 Å². The van der Waals surface area contributed by atoms with Crippen LogP contribution in [0.2, 0.25) is 0 Å². The number of hydrogen-bond acceptors (Lipinski definition) is 4. The summed E-state index contributed by atoms with van der Waals surface area (Å²) in [4.78, 5) is 0. The van der Waals surface area contributed by atoms with Gasteiger partial charge in [0, 0.05) is 12.0 Å². The van der Waals surface area contributed by atoms with Crippen molar-refractivity contribution in [3.63, 3.8) is 0 Å². The summed E-state index contributed by atoms with van der Waals surface area (Å²) >= 11 is 1.67. The van der Waals surface area contributed by atoms with Gasteiger partial charge >= 0.3 is 0 Å². The molecule has 0 spiro atoms. The Morgan fingerprint density at radius 1 is 1.05 bits per heavy atom. The van der Waals surface area contributed by atoms with Crippen molar-refractivity contribution in [2.45, 2.75) is 39.5 Å². The van der Waals surface area contributed by atoms with E-state index in [0.717, 1.165) is 40.6 Å². The van der Waals surface area contributed by atoms with Crippen molar-refractivity contribution in [2.75, 3.05) is 6.61 Å². The fraction of sp³-hybridized carbons (Fsp3) is 0.412. The quantitative estimate of drug-likeness (QED) is 0.651. The van der Waals surface area contributed by atoms with Gasteiger partial charge in [0.05, 0.1) is 0 Å². The van der Waals surface area contributed by atoms with Crippen molar-refractivity contribution in [1.82, 2.24) is 10.2 Å². The lowest BCUT2D eigenvalue weighted by atomic mass is 10.2. The van der Waals surface area contributed by atoms with E-state index in [4.69, 9.17) is 4.74 Å². The molecule has 112 valence electrons. The van der Waals surface area contributed by atoms with E-state index in [-0.39, 0.29) is 0 Å². The van der Waals surface area contributed by atoms with E-state index < -0.39 is 0 Å². The van der Waals surface area contributed by atoms with E-state index in [9.17, 15) is 0 Å². The molecule has 0 saturated heterocycles. The van der Waals surface area contributed by atoms with Crippen molar-refractivity contribution in [3.05, 3.63) is 41.4 Å². The number of allylic oxidation sites excluding steroid dienone is 1. The van der Waals surface area contributed by atoms with Crippen molar-refractivity contribution in [1.29, 1.82) is 0 Å². The number of aryl methyl sites for hydroxylation is 1. The second-order valence-corrected chi connectivity index (χ2v) is 5.91.